The van der Waals surface area contributed by atoms with E-state index in [1.165, 1.54) is 17.8 Å². The molecule has 0 amide bonds. The fraction of sp³-hybridized carbons (Fsp3) is 0.182. The first kappa shape index (κ1) is 11.6. The van der Waals surface area contributed by atoms with Gasteiger partial charge in [-0.3, -0.25) is 0 Å². The van der Waals surface area contributed by atoms with Gasteiger partial charge in [-0.2, -0.15) is 0 Å². The van der Waals surface area contributed by atoms with E-state index in [2.05, 4.69) is 11.8 Å². The van der Waals surface area contributed by atoms with Crippen molar-refractivity contribution in [3.8, 4) is 11.8 Å². The largest absolute Gasteiger partial charge is 0.478 e. The molecule has 0 aliphatic heterocycles. The second kappa shape index (κ2) is 5.42. The molecule has 0 saturated heterocycles. The maximum Gasteiger partial charge on any atom is 0.338 e. The summed E-state index contributed by atoms with van der Waals surface area (Å²) in [7, 11) is 0. The SMILES string of the molecule is CC#CCSc1ccc(F)c(C(=O)O)c1. The lowest BCUT2D eigenvalue weighted by molar-refractivity contribution is 0.0691. The summed E-state index contributed by atoms with van der Waals surface area (Å²) >= 11 is 1.38. The minimum absolute atomic E-state index is 0.301. The number of carboxylic acid groups (broad SMARTS) is 1. The van der Waals surface area contributed by atoms with Gasteiger partial charge in [0.15, 0.2) is 0 Å². The third-order valence-electron chi connectivity index (χ3n) is 1.66. The van der Waals surface area contributed by atoms with Crippen molar-refractivity contribution in [2.75, 3.05) is 5.75 Å². The van der Waals surface area contributed by atoms with Gasteiger partial charge in [0.1, 0.15) is 5.82 Å². The summed E-state index contributed by atoms with van der Waals surface area (Å²) in [6.45, 7) is 1.73. The molecule has 15 heavy (non-hydrogen) atoms. The van der Waals surface area contributed by atoms with Gasteiger partial charge in [0.25, 0.3) is 0 Å². The van der Waals surface area contributed by atoms with Crippen LogP contribution in [-0.2, 0) is 0 Å². The Bertz CT molecular complexity index is 432. The molecule has 78 valence electrons. The Balaban J connectivity index is 2.86. The minimum atomic E-state index is -1.25. The molecule has 0 heterocycles. The molecule has 0 radical (unpaired) electrons. The van der Waals surface area contributed by atoms with Crippen molar-refractivity contribution in [2.24, 2.45) is 0 Å². The smallest absolute Gasteiger partial charge is 0.338 e. The number of hydrogen-bond donors (Lipinski definition) is 1. The Morgan fingerprint density at radius 3 is 2.93 bits per heavy atom. The van der Waals surface area contributed by atoms with E-state index in [0.29, 0.717) is 10.6 Å². The van der Waals surface area contributed by atoms with Crippen LogP contribution in [0, 0.1) is 17.7 Å². The summed E-state index contributed by atoms with van der Waals surface area (Å²) in [6.07, 6.45) is 0. The van der Waals surface area contributed by atoms with E-state index in [1.54, 1.807) is 13.0 Å². The van der Waals surface area contributed by atoms with Crippen molar-refractivity contribution in [1.82, 2.24) is 0 Å². The Hall–Kier alpha value is -1.47. The van der Waals surface area contributed by atoms with Crippen LogP contribution in [0.1, 0.15) is 17.3 Å². The van der Waals surface area contributed by atoms with Gasteiger partial charge in [0.2, 0.25) is 0 Å². The molecule has 4 heteroatoms. The predicted molar refractivity (Wildman–Crippen MR) is 57.5 cm³/mol. The number of halogens is 1. The topological polar surface area (TPSA) is 37.3 Å². The molecule has 1 rings (SSSR count). The lowest BCUT2D eigenvalue weighted by Gasteiger charge is -2.01. The Morgan fingerprint density at radius 1 is 1.60 bits per heavy atom. The molecule has 0 fully saturated rings. The number of thioether (sulfide) groups is 1. The molecule has 2 nitrogen and oxygen atoms in total. The van der Waals surface area contributed by atoms with Crippen LogP contribution >= 0.6 is 11.8 Å². The first-order valence-corrected chi connectivity index (χ1v) is 5.19. The first-order chi connectivity index (χ1) is 7.15. The van der Waals surface area contributed by atoms with Crippen LogP contribution in [0.15, 0.2) is 23.1 Å². The van der Waals surface area contributed by atoms with Gasteiger partial charge in [0.05, 0.1) is 11.3 Å². The van der Waals surface area contributed by atoms with E-state index in [9.17, 15) is 9.18 Å². The molecule has 0 spiro atoms. The normalized spacial score (nSPS) is 9.20. The van der Waals surface area contributed by atoms with Gasteiger partial charge >= 0.3 is 5.97 Å². The second-order valence-corrected chi connectivity index (χ2v) is 3.71. The Morgan fingerprint density at radius 2 is 2.33 bits per heavy atom. The van der Waals surface area contributed by atoms with Gasteiger partial charge in [-0.1, -0.05) is 5.92 Å². The molecule has 1 aromatic rings. The van der Waals surface area contributed by atoms with Gasteiger partial charge < -0.3 is 5.11 Å². The Labute approximate surface area is 91.5 Å². The summed E-state index contributed by atoms with van der Waals surface area (Å²) in [5.41, 5.74) is -0.301. The summed E-state index contributed by atoms with van der Waals surface area (Å²) in [4.78, 5) is 11.3. The van der Waals surface area contributed by atoms with Gasteiger partial charge in [0, 0.05) is 4.90 Å². The van der Waals surface area contributed by atoms with Crippen LogP contribution < -0.4 is 0 Å². The highest BCUT2D eigenvalue weighted by atomic mass is 32.2. The molecule has 1 N–H and O–H groups in total. The molecule has 0 aromatic heterocycles. The lowest BCUT2D eigenvalue weighted by Crippen LogP contribution is -2.00. The maximum atomic E-state index is 13.0. The standard InChI is InChI=1S/C11H9FO2S/c1-2-3-6-15-8-4-5-10(12)9(7-8)11(13)14/h4-5,7H,6H2,1H3,(H,13,14). The second-order valence-electron chi connectivity index (χ2n) is 2.66. The van der Waals surface area contributed by atoms with Crippen LogP contribution in [0.4, 0.5) is 4.39 Å². The quantitative estimate of drug-likeness (QED) is 0.633. The fourth-order valence-corrected chi connectivity index (χ4v) is 1.70. The first-order valence-electron chi connectivity index (χ1n) is 4.20. The van der Waals surface area contributed by atoms with Gasteiger partial charge in [-0.25, -0.2) is 9.18 Å². The van der Waals surface area contributed by atoms with Crippen molar-refractivity contribution < 1.29 is 14.3 Å². The van der Waals surface area contributed by atoms with E-state index in [1.807, 2.05) is 0 Å². The van der Waals surface area contributed by atoms with Crippen molar-refractivity contribution in [3.63, 3.8) is 0 Å². The van der Waals surface area contributed by atoms with Gasteiger partial charge in [-0.05, 0) is 25.1 Å². The van der Waals surface area contributed by atoms with Crippen molar-refractivity contribution in [3.05, 3.63) is 29.6 Å². The minimum Gasteiger partial charge on any atom is -0.478 e. The molecular formula is C11H9FO2S. The van der Waals surface area contributed by atoms with E-state index in [-0.39, 0.29) is 5.56 Å². The average Bonchev–Trinajstić information content (AvgIpc) is 2.20. The summed E-state index contributed by atoms with van der Waals surface area (Å²) in [5, 5.41) is 8.68. The van der Waals surface area contributed by atoms with Crippen LogP contribution in [0.2, 0.25) is 0 Å². The highest BCUT2D eigenvalue weighted by Crippen LogP contribution is 2.20. The molecule has 1 aromatic carbocycles. The number of aromatic carboxylic acids is 1. The predicted octanol–water partition coefficient (Wildman–Crippen LogP) is 2.64. The van der Waals surface area contributed by atoms with E-state index < -0.39 is 11.8 Å². The van der Waals surface area contributed by atoms with Crippen LogP contribution in [0.25, 0.3) is 0 Å². The van der Waals surface area contributed by atoms with Gasteiger partial charge in [-0.15, -0.1) is 17.7 Å². The number of hydrogen-bond acceptors (Lipinski definition) is 2. The van der Waals surface area contributed by atoms with Crippen LogP contribution in [0.3, 0.4) is 0 Å². The highest BCUT2D eigenvalue weighted by molar-refractivity contribution is 7.99. The average molecular weight is 224 g/mol. The third-order valence-corrected chi connectivity index (χ3v) is 2.53. The van der Waals surface area contributed by atoms with E-state index in [0.717, 1.165) is 6.07 Å². The number of rotatable bonds is 3. The fourth-order valence-electron chi connectivity index (χ4n) is 0.950. The van der Waals surface area contributed by atoms with E-state index >= 15 is 0 Å². The van der Waals surface area contributed by atoms with Crippen LogP contribution in [-0.4, -0.2) is 16.8 Å². The van der Waals surface area contributed by atoms with Crippen LogP contribution in [0.5, 0.6) is 0 Å². The summed E-state index contributed by atoms with van der Waals surface area (Å²) < 4.78 is 13.0. The van der Waals surface area contributed by atoms with Crippen molar-refractivity contribution in [1.29, 1.82) is 0 Å². The highest BCUT2D eigenvalue weighted by Gasteiger charge is 2.10. The Kier molecular flexibility index (Phi) is 4.19. The molecule has 0 aliphatic carbocycles. The summed E-state index contributed by atoms with van der Waals surface area (Å²) in [6, 6.07) is 4.02. The molecule has 0 aliphatic rings. The molecule has 0 saturated carbocycles. The lowest BCUT2D eigenvalue weighted by atomic mass is 10.2. The molecule has 0 unspecified atom stereocenters. The molecule has 0 bridgehead atoms. The number of benzene rings is 1. The van der Waals surface area contributed by atoms with Crippen molar-refractivity contribution >= 4 is 17.7 Å². The summed E-state index contributed by atoms with van der Waals surface area (Å²) in [5.74, 6) is 4.16. The van der Waals surface area contributed by atoms with Crippen molar-refractivity contribution in [2.45, 2.75) is 11.8 Å². The zero-order valence-electron chi connectivity index (χ0n) is 8.08. The molecular weight excluding hydrogens is 215 g/mol. The maximum absolute atomic E-state index is 13.0. The monoisotopic (exact) mass is 224 g/mol. The zero-order chi connectivity index (χ0) is 11.3. The zero-order valence-corrected chi connectivity index (χ0v) is 8.90. The number of carbonyl (C=O) groups is 1. The number of carboxylic acids is 1. The molecule has 0 atom stereocenters. The third kappa shape index (κ3) is 3.30. The van der Waals surface area contributed by atoms with E-state index in [4.69, 9.17) is 5.11 Å².